The van der Waals surface area contributed by atoms with E-state index in [4.69, 9.17) is 14.7 Å². The van der Waals surface area contributed by atoms with Crippen LogP contribution in [0.5, 0.6) is 17.4 Å². The van der Waals surface area contributed by atoms with Crippen LogP contribution in [0, 0.1) is 26.2 Å². The SMILES string of the molecule is Cc1cc(C)c(N2C(c3cc(Oc4ccc5cc(C(C)(C)C)cc(O)c5n4)ccn3)=N[C@@H]3[C@@H]2CCCCC3(C)C)c(C)c1. The summed E-state index contributed by atoms with van der Waals surface area (Å²) in [7, 11) is 0. The van der Waals surface area contributed by atoms with Crippen LogP contribution in [0.2, 0.25) is 0 Å². The molecule has 0 unspecified atom stereocenters. The fraction of sp³-hybridized carbons (Fsp3) is 0.432. The summed E-state index contributed by atoms with van der Waals surface area (Å²) in [4.78, 5) is 17.4. The number of fused-ring (bicyclic) bond motifs is 2. The number of phenolic OH excluding ortho intramolecular Hbond substituents is 1. The first-order valence-corrected chi connectivity index (χ1v) is 15.6. The number of pyridine rings is 2. The van der Waals surface area contributed by atoms with Crippen molar-refractivity contribution in [1.29, 1.82) is 0 Å². The second-order valence-electron chi connectivity index (χ2n) is 14.3. The molecule has 2 aromatic heterocycles. The lowest BCUT2D eigenvalue weighted by atomic mass is 9.79. The molecule has 2 aliphatic rings. The molecule has 2 aromatic carbocycles. The Bertz CT molecular complexity index is 1710. The highest BCUT2D eigenvalue weighted by atomic mass is 16.5. The minimum absolute atomic E-state index is 0.0768. The summed E-state index contributed by atoms with van der Waals surface area (Å²) in [5.41, 5.74) is 7.42. The van der Waals surface area contributed by atoms with Crippen molar-refractivity contribution in [2.45, 2.75) is 98.6 Å². The van der Waals surface area contributed by atoms with E-state index in [0.29, 0.717) is 17.1 Å². The Balaban J connectivity index is 1.39. The third-order valence-corrected chi connectivity index (χ3v) is 9.23. The molecule has 1 N–H and O–H groups in total. The number of aromatic nitrogens is 2. The molecule has 0 radical (unpaired) electrons. The molecular weight excluding hydrogens is 532 g/mol. The van der Waals surface area contributed by atoms with Crippen LogP contribution in [0.15, 0.2) is 59.7 Å². The maximum atomic E-state index is 10.8. The highest BCUT2D eigenvalue weighted by Gasteiger charge is 2.47. The van der Waals surface area contributed by atoms with Gasteiger partial charge in [-0.2, -0.15) is 0 Å². The largest absolute Gasteiger partial charge is 0.506 e. The molecule has 1 aliphatic carbocycles. The molecule has 1 aliphatic heterocycles. The second kappa shape index (κ2) is 10.7. The summed E-state index contributed by atoms with van der Waals surface area (Å²) in [5, 5.41) is 11.7. The van der Waals surface area contributed by atoms with E-state index < -0.39 is 0 Å². The van der Waals surface area contributed by atoms with E-state index in [-0.39, 0.29) is 28.7 Å². The van der Waals surface area contributed by atoms with Crippen molar-refractivity contribution in [3.8, 4) is 17.4 Å². The number of hydrogen-bond donors (Lipinski definition) is 1. The van der Waals surface area contributed by atoms with Gasteiger partial charge in [0.05, 0.1) is 12.1 Å². The Morgan fingerprint density at radius 1 is 0.953 bits per heavy atom. The fourth-order valence-corrected chi connectivity index (χ4v) is 7.06. The van der Waals surface area contributed by atoms with Gasteiger partial charge in [0, 0.05) is 29.4 Å². The molecule has 6 nitrogen and oxygen atoms in total. The lowest BCUT2D eigenvalue weighted by molar-refractivity contribution is 0.260. The van der Waals surface area contributed by atoms with Crippen LogP contribution in [-0.4, -0.2) is 33.0 Å². The monoisotopic (exact) mass is 576 g/mol. The smallest absolute Gasteiger partial charge is 0.219 e. The Kier molecular flexibility index (Phi) is 7.22. The Hall–Kier alpha value is -3.93. The number of nitrogens with zero attached hydrogens (tertiary/aromatic N) is 4. The average molecular weight is 577 g/mol. The van der Waals surface area contributed by atoms with E-state index in [1.165, 1.54) is 41.6 Å². The van der Waals surface area contributed by atoms with Crippen LogP contribution in [0.25, 0.3) is 10.9 Å². The molecule has 2 atom stereocenters. The van der Waals surface area contributed by atoms with Crippen LogP contribution in [0.3, 0.4) is 0 Å². The molecule has 0 spiro atoms. The van der Waals surface area contributed by atoms with Gasteiger partial charge in [-0.3, -0.25) is 9.98 Å². The van der Waals surface area contributed by atoms with Gasteiger partial charge in [-0.15, -0.1) is 0 Å². The van der Waals surface area contributed by atoms with Gasteiger partial charge >= 0.3 is 0 Å². The summed E-state index contributed by atoms with van der Waals surface area (Å²) in [6.07, 6.45) is 6.48. The molecule has 3 heterocycles. The van der Waals surface area contributed by atoms with Crippen molar-refractivity contribution in [2.75, 3.05) is 4.90 Å². The van der Waals surface area contributed by atoms with E-state index in [1.807, 2.05) is 24.3 Å². The topological polar surface area (TPSA) is 70.8 Å². The molecule has 6 heteroatoms. The van der Waals surface area contributed by atoms with Gasteiger partial charge in [-0.1, -0.05) is 65.2 Å². The standard InChI is InChI=1S/C37H44N4O2/c1-22-17-23(2)33(24(3)18-22)41-29-11-9-10-15-37(7,8)34(29)40-35(41)28-21-27(14-16-38-28)43-31-13-12-25-19-26(36(4,5)6)20-30(42)32(25)39-31/h12-14,16-21,29,34,42H,9-11,15H2,1-8H3/t29-,34+/m0/s1. The molecular formula is C37H44N4O2. The molecule has 224 valence electrons. The number of benzene rings is 2. The van der Waals surface area contributed by atoms with Crippen LogP contribution in [-0.2, 0) is 5.41 Å². The lowest BCUT2D eigenvalue weighted by Gasteiger charge is -2.36. The number of aliphatic imine (C=N–C) groups is 1. The van der Waals surface area contributed by atoms with E-state index >= 15 is 0 Å². The zero-order valence-electron chi connectivity index (χ0n) is 26.8. The number of aromatic hydroxyl groups is 1. The fourth-order valence-electron chi connectivity index (χ4n) is 7.06. The Morgan fingerprint density at radius 2 is 1.70 bits per heavy atom. The molecule has 4 aromatic rings. The van der Waals surface area contributed by atoms with Crippen molar-refractivity contribution >= 4 is 22.4 Å². The maximum Gasteiger partial charge on any atom is 0.219 e. The molecule has 0 bridgehead atoms. The molecule has 43 heavy (non-hydrogen) atoms. The van der Waals surface area contributed by atoms with Crippen LogP contribution < -0.4 is 9.64 Å². The summed E-state index contributed by atoms with van der Waals surface area (Å²) in [6.45, 7) is 17.7. The van der Waals surface area contributed by atoms with Crippen LogP contribution in [0.4, 0.5) is 5.69 Å². The highest BCUT2D eigenvalue weighted by Crippen LogP contribution is 2.45. The zero-order chi connectivity index (χ0) is 30.7. The predicted octanol–water partition coefficient (Wildman–Crippen LogP) is 8.95. The summed E-state index contributed by atoms with van der Waals surface area (Å²) in [6, 6.07) is 16.5. The lowest BCUT2D eigenvalue weighted by Crippen LogP contribution is -2.45. The van der Waals surface area contributed by atoms with Crippen molar-refractivity contribution in [1.82, 2.24) is 9.97 Å². The van der Waals surface area contributed by atoms with E-state index in [2.05, 4.69) is 83.5 Å². The first kappa shape index (κ1) is 29.2. The van der Waals surface area contributed by atoms with E-state index in [9.17, 15) is 5.11 Å². The number of rotatable bonds is 4. The van der Waals surface area contributed by atoms with Crippen molar-refractivity contribution in [3.63, 3.8) is 0 Å². The number of amidine groups is 1. The molecule has 0 amide bonds. The van der Waals surface area contributed by atoms with Gasteiger partial charge in [0.1, 0.15) is 22.7 Å². The van der Waals surface area contributed by atoms with Gasteiger partial charge < -0.3 is 14.7 Å². The van der Waals surface area contributed by atoms with E-state index in [0.717, 1.165) is 28.9 Å². The third-order valence-electron chi connectivity index (χ3n) is 9.23. The Morgan fingerprint density at radius 3 is 2.42 bits per heavy atom. The van der Waals surface area contributed by atoms with Crippen molar-refractivity contribution in [3.05, 3.63) is 82.7 Å². The van der Waals surface area contributed by atoms with Crippen molar-refractivity contribution < 1.29 is 9.84 Å². The maximum absolute atomic E-state index is 10.8. The summed E-state index contributed by atoms with van der Waals surface area (Å²) in [5.74, 6) is 2.12. The van der Waals surface area contributed by atoms with Crippen molar-refractivity contribution in [2.24, 2.45) is 10.4 Å². The van der Waals surface area contributed by atoms with Gasteiger partial charge in [0.25, 0.3) is 0 Å². The quantitative estimate of drug-likeness (QED) is 0.263. The van der Waals surface area contributed by atoms with Gasteiger partial charge in [-0.25, -0.2) is 4.98 Å². The van der Waals surface area contributed by atoms with E-state index in [1.54, 1.807) is 12.3 Å². The third kappa shape index (κ3) is 5.48. The molecule has 1 saturated carbocycles. The van der Waals surface area contributed by atoms with Crippen LogP contribution >= 0.6 is 0 Å². The number of hydrogen-bond acceptors (Lipinski definition) is 6. The first-order chi connectivity index (χ1) is 20.3. The second-order valence-corrected chi connectivity index (χ2v) is 14.3. The molecule has 6 rings (SSSR count). The normalized spacial score (nSPS) is 20.1. The average Bonchev–Trinajstić information content (AvgIpc) is 3.23. The van der Waals surface area contributed by atoms with Crippen LogP contribution in [0.1, 0.15) is 88.2 Å². The zero-order valence-corrected chi connectivity index (χ0v) is 26.8. The minimum atomic E-state index is -0.0768. The first-order valence-electron chi connectivity index (χ1n) is 15.6. The Labute approximate surface area is 255 Å². The van der Waals surface area contributed by atoms with Gasteiger partial charge in [-0.05, 0) is 85.4 Å². The summed E-state index contributed by atoms with van der Waals surface area (Å²) < 4.78 is 6.29. The number of phenols is 1. The minimum Gasteiger partial charge on any atom is -0.506 e. The highest BCUT2D eigenvalue weighted by molar-refractivity contribution is 6.11. The molecule has 1 fully saturated rings. The summed E-state index contributed by atoms with van der Waals surface area (Å²) >= 11 is 0. The number of anilines is 1. The number of aryl methyl sites for hydroxylation is 3. The molecule has 0 saturated heterocycles. The van der Waals surface area contributed by atoms with Gasteiger partial charge in [0.15, 0.2) is 5.84 Å². The van der Waals surface area contributed by atoms with Gasteiger partial charge in [0.2, 0.25) is 5.88 Å². The number of ether oxygens (including phenoxy) is 1. The predicted molar refractivity (Wildman–Crippen MR) is 176 cm³/mol.